The van der Waals surface area contributed by atoms with Gasteiger partial charge in [-0.2, -0.15) is 0 Å². The molecule has 3 N–H and O–H groups in total. The maximum atomic E-state index is 12.7. The van der Waals surface area contributed by atoms with E-state index in [1.54, 1.807) is 12.1 Å². The van der Waals surface area contributed by atoms with E-state index in [-0.39, 0.29) is 11.5 Å². The zero-order chi connectivity index (χ0) is 7.56. The first-order chi connectivity index (χ1) is 4.75. The number of nitrogens with two attached hydrogens (primary N) is 1. The van der Waals surface area contributed by atoms with Gasteiger partial charge in [0.2, 0.25) is 0 Å². The molecule has 0 fully saturated rings. The van der Waals surface area contributed by atoms with Crippen LogP contribution in [0.25, 0.3) is 0 Å². The first-order valence-corrected chi connectivity index (χ1v) is 3.45. The largest absolute Gasteiger partial charge is 0.321 e. The molecule has 0 saturated carbocycles. The van der Waals surface area contributed by atoms with Gasteiger partial charge < -0.3 is 5.43 Å². The number of nitrogens with one attached hydrogen (secondary N) is 1. The second-order valence-corrected chi connectivity index (χ2v) is 2.60. The zero-order valence-corrected chi connectivity index (χ0v) is 6.65. The molecule has 0 amide bonds. The molecule has 0 unspecified atom stereocenters. The number of halogens is 2. The number of hydrogen-bond acceptors (Lipinski definition) is 2. The summed E-state index contributed by atoms with van der Waals surface area (Å²) in [6.07, 6.45) is 0. The first kappa shape index (κ1) is 7.50. The standard InChI is InChI=1S/C6H6BrFN2/c7-4-2-1-3-5(8)6(4)10-9/h1-3,10H,9H2. The average molecular weight is 205 g/mol. The van der Waals surface area contributed by atoms with Gasteiger partial charge in [-0.05, 0) is 28.1 Å². The van der Waals surface area contributed by atoms with E-state index in [0.717, 1.165) is 0 Å². The topological polar surface area (TPSA) is 38.0 Å². The Hall–Kier alpha value is -0.610. The number of benzene rings is 1. The smallest absolute Gasteiger partial charge is 0.148 e. The fraction of sp³-hybridized carbons (Fsp3) is 0. The van der Waals surface area contributed by atoms with E-state index in [2.05, 4.69) is 21.4 Å². The predicted octanol–water partition coefficient (Wildman–Crippen LogP) is 1.87. The van der Waals surface area contributed by atoms with Gasteiger partial charge in [-0.25, -0.2) is 4.39 Å². The summed E-state index contributed by atoms with van der Waals surface area (Å²) in [7, 11) is 0. The van der Waals surface area contributed by atoms with Crippen LogP contribution in [0, 0.1) is 5.82 Å². The highest BCUT2D eigenvalue weighted by Gasteiger charge is 2.01. The molecule has 0 spiro atoms. The highest BCUT2D eigenvalue weighted by atomic mass is 79.9. The minimum Gasteiger partial charge on any atom is -0.321 e. The Morgan fingerprint density at radius 2 is 2.20 bits per heavy atom. The minimum absolute atomic E-state index is 0.280. The summed E-state index contributed by atoms with van der Waals surface area (Å²) in [4.78, 5) is 0. The number of para-hydroxylation sites is 1. The van der Waals surface area contributed by atoms with Gasteiger partial charge in [0.15, 0.2) is 0 Å². The van der Waals surface area contributed by atoms with Crippen LogP contribution in [0.5, 0.6) is 0 Å². The molecular formula is C6H6BrFN2. The lowest BCUT2D eigenvalue weighted by Crippen LogP contribution is -2.08. The Bertz CT molecular complexity index is 219. The Labute approximate surface area is 66.3 Å². The minimum atomic E-state index is -0.364. The number of hydrogen-bond donors (Lipinski definition) is 2. The van der Waals surface area contributed by atoms with E-state index in [4.69, 9.17) is 5.84 Å². The maximum absolute atomic E-state index is 12.7. The van der Waals surface area contributed by atoms with Crippen molar-refractivity contribution in [3.8, 4) is 0 Å². The Balaban J connectivity index is 3.17. The molecule has 0 atom stereocenters. The van der Waals surface area contributed by atoms with Crippen LogP contribution in [0.1, 0.15) is 0 Å². The maximum Gasteiger partial charge on any atom is 0.148 e. The molecule has 0 aliphatic rings. The Morgan fingerprint density at radius 1 is 1.50 bits per heavy atom. The SMILES string of the molecule is NNc1c(F)cccc1Br. The number of anilines is 1. The first-order valence-electron chi connectivity index (χ1n) is 2.66. The van der Waals surface area contributed by atoms with Crippen molar-refractivity contribution in [1.29, 1.82) is 0 Å². The van der Waals surface area contributed by atoms with E-state index in [1.807, 2.05) is 0 Å². The summed E-state index contributed by atoms with van der Waals surface area (Å²) in [6, 6.07) is 4.64. The van der Waals surface area contributed by atoms with Crippen molar-refractivity contribution in [2.45, 2.75) is 0 Å². The fourth-order valence-corrected chi connectivity index (χ4v) is 1.09. The Kier molecular flexibility index (Phi) is 2.24. The van der Waals surface area contributed by atoms with Crippen LogP contribution in [-0.4, -0.2) is 0 Å². The van der Waals surface area contributed by atoms with Crippen molar-refractivity contribution in [2.75, 3.05) is 5.43 Å². The lowest BCUT2D eigenvalue weighted by Gasteiger charge is -2.02. The molecule has 54 valence electrons. The van der Waals surface area contributed by atoms with Gasteiger partial charge in [0.05, 0.1) is 5.69 Å². The van der Waals surface area contributed by atoms with Crippen LogP contribution >= 0.6 is 15.9 Å². The summed E-state index contributed by atoms with van der Waals surface area (Å²) >= 11 is 3.12. The molecule has 0 saturated heterocycles. The second-order valence-electron chi connectivity index (χ2n) is 1.74. The molecule has 0 bridgehead atoms. The summed E-state index contributed by atoms with van der Waals surface area (Å²) in [5, 5.41) is 0. The van der Waals surface area contributed by atoms with E-state index in [9.17, 15) is 4.39 Å². The van der Waals surface area contributed by atoms with Gasteiger partial charge in [0, 0.05) is 4.47 Å². The molecule has 0 aromatic heterocycles. The summed E-state index contributed by atoms with van der Waals surface area (Å²) in [6.45, 7) is 0. The summed E-state index contributed by atoms with van der Waals surface area (Å²) < 4.78 is 13.3. The fourth-order valence-electron chi connectivity index (χ4n) is 0.636. The molecule has 0 radical (unpaired) electrons. The molecule has 0 heterocycles. The predicted molar refractivity (Wildman–Crippen MR) is 41.9 cm³/mol. The molecular weight excluding hydrogens is 199 g/mol. The Morgan fingerprint density at radius 3 is 2.60 bits per heavy atom. The van der Waals surface area contributed by atoms with E-state index in [0.29, 0.717) is 4.47 Å². The van der Waals surface area contributed by atoms with Crippen LogP contribution in [0.15, 0.2) is 22.7 Å². The van der Waals surface area contributed by atoms with Crippen molar-refractivity contribution in [3.05, 3.63) is 28.5 Å². The molecule has 10 heavy (non-hydrogen) atoms. The third-order valence-corrected chi connectivity index (χ3v) is 1.77. The van der Waals surface area contributed by atoms with Gasteiger partial charge in [-0.3, -0.25) is 5.84 Å². The zero-order valence-electron chi connectivity index (χ0n) is 5.07. The average Bonchev–Trinajstić information content (AvgIpc) is 1.88. The lowest BCUT2D eigenvalue weighted by molar-refractivity contribution is 0.630. The van der Waals surface area contributed by atoms with Crippen LogP contribution in [-0.2, 0) is 0 Å². The molecule has 0 aliphatic heterocycles. The monoisotopic (exact) mass is 204 g/mol. The molecule has 1 aromatic rings. The molecule has 0 aliphatic carbocycles. The van der Waals surface area contributed by atoms with Crippen molar-refractivity contribution < 1.29 is 4.39 Å². The third-order valence-electron chi connectivity index (χ3n) is 1.11. The second kappa shape index (κ2) is 2.98. The lowest BCUT2D eigenvalue weighted by atomic mass is 10.3. The van der Waals surface area contributed by atoms with E-state index < -0.39 is 0 Å². The molecule has 4 heteroatoms. The van der Waals surface area contributed by atoms with Gasteiger partial charge in [0.1, 0.15) is 5.82 Å². The molecule has 2 nitrogen and oxygen atoms in total. The quantitative estimate of drug-likeness (QED) is 0.542. The summed E-state index contributed by atoms with van der Waals surface area (Å²) in [5.74, 6) is 4.67. The summed E-state index contributed by atoms with van der Waals surface area (Å²) in [5.41, 5.74) is 2.52. The van der Waals surface area contributed by atoms with Crippen molar-refractivity contribution in [2.24, 2.45) is 5.84 Å². The van der Waals surface area contributed by atoms with Gasteiger partial charge in [0.25, 0.3) is 0 Å². The molecule has 1 rings (SSSR count). The third kappa shape index (κ3) is 1.27. The van der Waals surface area contributed by atoms with E-state index >= 15 is 0 Å². The van der Waals surface area contributed by atoms with Gasteiger partial charge in [-0.1, -0.05) is 6.07 Å². The number of hydrazine groups is 1. The van der Waals surface area contributed by atoms with Crippen LogP contribution in [0.2, 0.25) is 0 Å². The van der Waals surface area contributed by atoms with Crippen LogP contribution in [0.4, 0.5) is 10.1 Å². The highest BCUT2D eigenvalue weighted by Crippen LogP contribution is 2.23. The van der Waals surface area contributed by atoms with Gasteiger partial charge >= 0.3 is 0 Å². The highest BCUT2D eigenvalue weighted by molar-refractivity contribution is 9.10. The van der Waals surface area contributed by atoms with Crippen molar-refractivity contribution in [3.63, 3.8) is 0 Å². The number of rotatable bonds is 1. The van der Waals surface area contributed by atoms with Crippen molar-refractivity contribution >= 4 is 21.6 Å². The number of nitrogen functional groups attached to an aromatic ring is 1. The van der Waals surface area contributed by atoms with Crippen molar-refractivity contribution in [1.82, 2.24) is 0 Å². The van der Waals surface area contributed by atoms with Gasteiger partial charge in [-0.15, -0.1) is 0 Å². The van der Waals surface area contributed by atoms with Crippen LogP contribution < -0.4 is 11.3 Å². The normalized spacial score (nSPS) is 9.50. The molecule has 1 aromatic carbocycles. The van der Waals surface area contributed by atoms with Crippen LogP contribution in [0.3, 0.4) is 0 Å². The van der Waals surface area contributed by atoms with E-state index in [1.165, 1.54) is 6.07 Å².